The van der Waals surface area contributed by atoms with Gasteiger partial charge in [0.05, 0.1) is 6.54 Å². The van der Waals surface area contributed by atoms with Crippen molar-refractivity contribution < 1.29 is 0 Å². The predicted octanol–water partition coefficient (Wildman–Crippen LogP) is 6.77. The molecule has 0 radical (unpaired) electrons. The van der Waals surface area contributed by atoms with Crippen LogP contribution in [0.25, 0.3) is 10.4 Å². The molecular weight excluding hydrogens is 318 g/mol. The van der Waals surface area contributed by atoms with Gasteiger partial charge in [0.15, 0.2) is 0 Å². The highest BCUT2D eigenvalue weighted by Gasteiger charge is 2.00. The minimum atomic E-state index is 0.443. The van der Waals surface area contributed by atoms with E-state index in [0.29, 0.717) is 12.4 Å². The third-order valence-corrected chi connectivity index (χ3v) is 4.75. The second-order valence-electron chi connectivity index (χ2n) is 6.23. The Labute approximate surface area is 150 Å². The van der Waals surface area contributed by atoms with Crippen molar-refractivity contribution in [1.82, 2.24) is 0 Å². The van der Waals surface area contributed by atoms with Crippen molar-refractivity contribution in [3.63, 3.8) is 0 Å². The second kappa shape index (κ2) is 9.36. The van der Waals surface area contributed by atoms with Gasteiger partial charge in [0.25, 0.3) is 0 Å². The predicted molar refractivity (Wildman–Crippen MR) is 104 cm³/mol. The molecule has 0 unspecified atom stereocenters. The van der Waals surface area contributed by atoms with E-state index in [2.05, 4.69) is 75.8 Å². The van der Waals surface area contributed by atoms with Crippen LogP contribution in [0.4, 0.5) is 0 Å². The summed E-state index contributed by atoms with van der Waals surface area (Å²) < 4.78 is 0. The van der Waals surface area contributed by atoms with Crippen molar-refractivity contribution >= 4 is 11.6 Å². The normalized spacial score (nSPS) is 9.79. The Morgan fingerprint density at radius 1 is 0.792 bits per heavy atom. The zero-order chi connectivity index (χ0) is 18.3. The largest absolute Gasteiger partial charge is 0.122 e. The minimum Gasteiger partial charge on any atom is -0.122 e. The number of benzene rings is 2. The molecule has 2 rings (SSSR count). The van der Waals surface area contributed by atoms with Gasteiger partial charge < -0.3 is 0 Å². The number of nitrogens with zero attached hydrogens (tertiary/aromatic N) is 3. The van der Waals surface area contributed by atoms with E-state index in [4.69, 9.17) is 17.1 Å². The number of hydrogen-bond acceptors (Lipinski definition) is 1. The Balaban J connectivity index is 0.000000243. The van der Waals surface area contributed by atoms with Gasteiger partial charge in [-0.15, -0.1) is 11.6 Å². The molecule has 0 aliphatic heterocycles. The van der Waals surface area contributed by atoms with Crippen LogP contribution in [0.2, 0.25) is 0 Å². The molecule has 24 heavy (non-hydrogen) atoms. The first-order chi connectivity index (χ1) is 11.3. The van der Waals surface area contributed by atoms with Crippen LogP contribution in [0.15, 0.2) is 29.4 Å². The molecule has 0 saturated carbocycles. The first-order valence-electron chi connectivity index (χ1n) is 8.00. The monoisotopic (exact) mass is 343 g/mol. The molecular formula is C20H26ClN3. The molecule has 0 atom stereocenters. The fourth-order valence-corrected chi connectivity index (χ4v) is 2.69. The van der Waals surface area contributed by atoms with Gasteiger partial charge in [-0.05, 0) is 91.6 Å². The molecule has 0 heterocycles. The minimum absolute atomic E-state index is 0.443. The van der Waals surface area contributed by atoms with Crippen LogP contribution in [0.5, 0.6) is 0 Å². The molecule has 0 fully saturated rings. The Morgan fingerprint density at radius 3 is 1.50 bits per heavy atom. The van der Waals surface area contributed by atoms with Gasteiger partial charge >= 0.3 is 0 Å². The van der Waals surface area contributed by atoms with Crippen molar-refractivity contribution in [3.8, 4) is 0 Å². The molecule has 0 bridgehead atoms. The van der Waals surface area contributed by atoms with Crippen molar-refractivity contribution in [2.75, 3.05) is 0 Å². The summed E-state index contributed by atoms with van der Waals surface area (Å²) in [5.41, 5.74) is 18.3. The molecule has 3 nitrogen and oxygen atoms in total. The summed E-state index contributed by atoms with van der Waals surface area (Å²) in [4.78, 5) is 2.74. The van der Waals surface area contributed by atoms with Gasteiger partial charge in [-0.2, -0.15) is 0 Å². The maximum Gasteiger partial charge on any atom is 0.0511 e. The van der Waals surface area contributed by atoms with Gasteiger partial charge in [-0.25, -0.2) is 0 Å². The third-order valence-electron chi connectivity index (χ3n) is 4.44. The van der Waals surface area contributed by atoms with Crippen molar-refractivity contribution in [3.05, 3.63) is 79.2 Å². The SMILES string of the molecule is Cc1cc(CCl)cc(C)c1C.Cc1cc(CN=[N+]=[N-])cc(C)c1C. The zero-order valence-corrected chi connectivity index (χ0v) is 16.2. The average molecular weight is 344 g/mol. The Bertz CT molecular complexity index is 713. The van der Waals surface area contributed by atoms with Crippen LogP contribution < -0.4 is 0 Å². The smallest absolute Gasteiger partial charge is 0.0511 e. The van der Waals surface area contributed by atoms with Crippen LogP contribution in [0, 0.1) is 41.5 Å². The van der Waals surface area contributed by atoms with Crippen LogP contribution >= 0.6 is 11.6 Å². The van der Waals surface area contributed by atoms with Gasteiger partial charge in [-0.3, -0.25) is 0 Å². The molecule has 0 aliphatic carbocycles. The summed E-state index contributed by atoms with van der Waals surface area (Å²) in [6, 6.07) is 8.43. The summed E-state index contributed by atoms with van der Waals surface area (Å²) in [6.07, 6.45) is 0. The number of alkyl halides is 1. The molecule has 0 aliphatic rings. The summed E-state index contributed by atoms with van der Waals surface area (Å²) >= 11 is 5.72. The Kier molecular flexibility index (Phi) is 7.84. The van der Waals surface area contributed by atoms with Gasteiger partial charge in [0.2, 0.25) is 0 Å². The van der Waals surface area contributed by atoms with Gasteiger partial charge in [0, 0.05) is 10.8 Å². The zero-order valence-electron chi connectivity index (χ0n) is 15.4. The molecule has 2 aromatic rings. The van der Waals surface area contributed by atoms with Gasteiger partial charge in [0.1, 0.15) is 0 Å². The van der Waals surface area contributed by atoms with E-state index < -0.39 is 0 Å². The van der Waals surface area contributed by atoms with E-state index in [-0.39, 0.29) is 0 Å². The van der Waals surface area contributed by atoms with Crippen LogP contribution in [-0.4, -0.2) is 0 Å². The highest BCUT2D eigenvalue weighted by atomic mass is 35.5. The average Bonchev–Trinajstić information content (AvgIpc) is 2.55. The van der Waals surface area contributed by atoms with Crippen molar-refractivity contribution in [1.29, 1.82) is 0 Å². The van der Waals surface area contributed by atoms with Gasteiger partial charge in [-0.1, -0.05) is 29.4 Å². The van der Waals surface area contributed by atoms with E-state index in [1.165, 1.54) is 38.9 Å². The lowest BCUT2D eigenvalue weighted by Crippen LogP contribution is -1.90. The molecule has 0 saturated heterocycles. The number of aryl methyl sites for hydroxylation is 4. The van der Waals surface area contributed by atoms with Crippen molar-refractivity contribution in [2.24, 2.45) is 5.11 Å². The molecule has 2 aromatic carbocycles. The van der Waals surface area contributed by atoms with E-state index in [1.54, 1.807) is 0 Å². The first-order valence-corrected chi connectivity index (χ1v) is 8.53. The third kappa shape index (κ3) is 5.59. The maximum absolute atomic E-state index is 8.18. The van der Waals surface area contributed by atoms with Crippen molar-refractivity contribution in [2.45, 2.75) is 54.0 Å². The van der Waals surface area contributed by atoms with E-state index in [9.17, 15) is 0 Å². The van der Waals surface area contributed by atoms with E-state index in [0.717, 1.165) is 5.56 Å². The quantitative estimate of drug-likeness (QED) is 0.255. The summed E-state index contributed by atoms with van der Waals surface area (Å²) in [6.45, 7) is 13.1. The lowest BCUT2D eigenvalue weighted by Gasteiger charge is -2.06. The van der Waals surface area contributed by atoms with E-state index >= 15 is 0 Å². The first kappa shape index (κ1) is 20.1. The lowest BCUT2D eigenvalue weighted by molar-refractivity contribution is 1.03. The topological polar surface area (TPSA) is 48.8 Å². The van der Waals surface area contributed by atoms with Crippen LogP contribution in [0.1, 0.15) is 44.5 Å². The fraction of sp³-hybridized carbons (Fsp3) is 0.400. The summed E-state index contributed by atoms with van der Waals surface area (Å²) in [5, 5.41) is 3.53. The van der Waals surface area contributed by atoms with Crippen LogP contribution in [-0.2, 0) is 12.4 Å². The number of halogens is 1. The molecule has 0 aromatic heterocycles. The number of hydrogen-bond donors (Lipinski definition) is 0. The molecule has 0 spiro atoms. The number of rotatable bonds is 3. The molecule has 128 valence electrons. The molecule has 4 heteroatoms. The second-order valence-corrected chi connectivity index (χ2v) is 6.50. The Morgan fingerprint density at radius 2 is 1.17 bits per heavy atom. The lowest BCUT2D eigenvalue weighted by atomic mass is 10.0. The molecule has 0 amide bonds. The highest BCUT2D eigenvalue weighted by Crippen LogP contribution is 2.17. The summed E-state index contributed by atoms with van der Waals surface area (Å²) in [5.74, 6) is 0.613. The van der Waals surface area contributed by atoms with Crippen LogP contribution in [0.3, 0.4) is 0 Å². The summed E-state index contributed by atoms with van der Waals surface area (Å²) in [7, 11) is 0. The highest BCUT2D eigenvalue weighted by molar-refractivity contribution is 6.17. The maximum atomic E-state index is 8.18. The molecule has 0 N–H and O–H groups in total. The van der Waals surface area contributed by atoms with E-state index in [1.807, 2.05) is 0 Å². The Hall–Kier alpha value is -1.96. The fourth-order valence-electron chi connectivity index (χ4n) is 2.53. The standard InChI is InChI=1S/C10H13Cl.C10H13N3/c1-7-4-10(6-11)5-8(2)9(7)3;1-7-4-10(6-12-13-11)5-8(2)9(7)3/h4-5H,6H2,1-3H3;4-5H,6H2,1-3H3. The number of azide groups is 1.